The number of benzene rings is 2. The molecule has 0 aliphatic heterocycles. The molecule has 0 unspecified atom stereocenters. The second-order valence-electron chi connectivity index (χ2n) is 5.92. The lowest BCUT2D eigenvalue weighted by Crippen LogP contribution is -2.22. The van der Waals surface area contributed by atoms with Crippen molar-refractivity contribution in [2.75, 3.05) is 6.61 Å². The summed E-state index contributed by atoms with van der Waals surface area (Å²) in [6.45, 7) is 3.37. The summed E-state index contributed by atoms with van der Waals surface area (Å²) < 4.78 is 11.1. The van der Waals surface area contributed by atoms with Crippen LogP contribution in [0.3, 0.4) is 0 Å². The monoisotopic (exact) mass is 362 g/mol. The molecule has 3 rings (SSSR count). The van der Waals surface area contributed by atoms with E-state index in [4.69, 9.17) is 9.47 Å². The predicted octanol–water partition coefficient (Wildman–Crippen LogP) is 3.99. The van der Waals surface area contributed by atoms with Gasteiger partial charge >= 0.3 is 0 Å². The molecule has 27 heavy (non-hydrogen) atoms. The molecular formula is C22H22N2O3. The van der Waals surface area contributed by atoms with Gasteiger partial charge in [-0.15, -0.1) is 0 Å². The molecule has 0 aliphatic carbocycles. The molecule has 0 aliphatic rings. The zero-order valence-electron chi connectivity index (χ0n) is 15.2. The van der Waals surface area contributed by atoms with Crippen molar-refractivity contribution in [3.63, 3.8) is 0 Å². The highest BCUT2D eigenvalue weighted by atomic mass is 16.5. The molecule has 0 saturated carbocycles. The van der Waals surface area contributed by atoms with Crippen LogP contribution in [-0.4, -0.2) is 17.5 Å². The van der Waals surface area contributed by atoms with E-state index in [1.165, 1.54) is 0 Å². The number of amides is 1. The van der Waals surface area contributed by atoms with Gasteiger partial charge in [0.05, 0.1) is 6.61 Å². The van der Waals surface area contributed by atoms with E-state index in [0.717, 1.165) is 16.9 Å². The first-order valence-corrected chi connectivity index (χ1v) is 8.87. The Bertz CT molecular complexity index is 864. The molecule has 0 saturated heterocycles. The van der Waals surface area contributed by atoms with Crippen LogP contribution in [0.2, 0.25) is 0 Å². The molecule has 2 aromatic carbocycles. The van der Waals surface area contributed by atoms with Crippen LogP contribution in [0.1, 0.15) is 28.4 Å². The van der Waals surface area contributed by atoms with Crippen molar-refractivity contribution in [3.05, 3.63) is 89.6 Å². The van der Waals surface area contributed by atoms with Crippen LogP contribution in [0.5, 0.6) is 11.6 Å². The maximum atomic E-state index is 12.3. The van der Waals surface area contributed by atoms with Crippen LogP contribution in [0.15, 0.2) is 72.9 Å². The molecule has 3 aromatic rings. The highest BCUT2D eigenvalue weighted by molar-refractivity contribution is 5.94. The molecule has 5 heteroatoms. The third-order valence-corrected chi connectivity index (χ3v) is 3.91. The molecule has 5 nitrogen and oxygen atoms in total. The minimum atomic E-state index is -0.139. The highest BCUT2D eigenvalue weighted by Crippen LogP contribution is 2.15. The Kier molecular flexibility index (Phi) is 6.41. The van der Waals surface area contributed by atoms with Crippen LogP contribution >= 0.6 is 0 Å². The third kappa shape index (κ3) is 5.57. The number of rotatable bonds is 8. The highest BCUT2D eigenvalue weighted by Gasteiger charge is 2.06. The van der Waals surface area contributed by atoms with Crippen molar-refractivity contribution in [3.8, 4) is 11.6 Å². The van der Waals surface area contributed by atoms with Gasteiger partial charge in [-0.05, 0) is 48.4 Å². The number of nitrogens with zero attached hydrogens (tertiary/aromatic N) is 1. The van der Waals surface area contributed by atoms with Crippen molar-refractivity contribution >= 4 is 5.91 Å². The van der Waals surface area contributed by atoms with Gasteiger partial charge in [0.2, 0.25) is 5.88 Å². The number of aromatic nitrogens is 1. The van der Waals surface area contributed by atoms with Gasteiger partial charge in [0.1, 0.15) is 12.4 Å². The van der Waals surface area contributed by atoms with Crippen LogP contribution < -0.4 is 14.8 Å². The molecule has 1 aromatic heterocycles. The van der Waals surface area contributed by atoms with Gasteiger partial charge in [-0.3, -0.25) is 4.79 Å². The smallest absolute Gasteiger partial charge is 0.251 e. The van der Waals surface area contributed by atoms with Crippen LogP contribution in [-0.2, 0) is 13.2 Å². The Labute approximate surface area is 159 Å². The first kappa shape index (κ1) is 18.5. The second-order valence-corrected chi connectivity index (χ2v) is 5.92. The van der Waals surface area contributed by atoms with E-state index >= 15 is 0 Å². The van der Waals surface area contributed by atoms with E-state index in [1.54, 1.807) is 30.5 Å². The average molecular weight is 362 g/mol. The molecule has 1 heterocycles. The molecule has 0 bridgehead atoms. The topological polar surface area (TPSA) is 60.5 Å². The molecule has 0 fully saturated rings. The van der Waals surface area contributed by atoms with E-state index < -0.39 is 0 Å². The lowest BCUT2D eigenvalue weighted by atomic mass is 10.2. The molecule has 1 N–H and O–H groups in total. The molecule has 0 spiro atoms. The fraction of sp³-hybridized carbons (Fsp3) is 0.182. The summed E-state index contributed by atoms with van der Waals surface area (Å²) in [7, 11) is 0. The Hall–Kier alpha value is -3.34. The van der Waals surface area contributed by atoms with Gasteiger partial charge in [0, 0.05) is 24.4 Å². The quantitative estimate of drug-likeness (QED) is 0.658. The molecular weight excluding hydrogens is 340 g/mol. The first-order chi connectivity index (χ1) is 13.2. The lowest BCUT2D eigenvalue weighted by Gasteiger charge is -2.09. The number of carbonyl (C=O) groups is 1. The number of pyridine rings is 1. The van der Waals surface area contributed by atoms with E-state index in [0.29, 0.717) is 31.2 Å². The van der Waals surface area contributed by atoms with Crippen LogP contribution in [0.25, 0.3) is 0 Å². The maximum absolute atomic E-state index is 12.3. The van der Waals surface area contributed by atoms with Crippen molar-refractivity contribution < 1.29 is 14.3 Å². The summed E-state index contributed by atoms with van der Waals surface area (Å²) in [6, 6.07) is 20.7. The van der Waals surface area contributed by atoms with Crippen molar-refractivity contribution in [1.82, 2.24) is 10.3 Å². The van der Waals surface area contributed by atoms with Crippen LogP contribution in [0, 0.1) is 0 Å². The summed E-state index contributed by atoms with van der Waals surface area (Å²) in [5.74, 6) is 1.15. The Morgan fingerprint density at radius 3 is 2.48 bits per heavy atom. The van der Waals surface area contributed by atoms with Crippen molar-refractivity contribution in [2.24, 2.45) is 0 Å². The van der Waals surface area contributed by atoms with Gasteiger partial charge in [0.25, 0.3) is 5.91 Å². The Balaban J connectivity index is 1.52. The Morgan fingerprint density at radius 2 is 1.74 bits per heavy atom. The zero-order valence-corrected chi connectivity index (χ0v) is 15.2. The fourth-order valence-electron chi connectivity index (χ4n) is 2.52. The predicted molar refractivity (Wildman–Crippen MR) is 104 cm³/mol. The number of carbonyl (C=O) groups excluding carboxylic acids is 1. The Morgan fingerprint density at radius 1 is 0.963 bits per heavy atom. The lowest BCUT2D eigenvalue weighted by molar-refractivity contribution is 0.0950. The number of nitrogens with one attached hydrogen (secondary N) is 1. The number of ether oxygens (including phenoxy) is 2. The summed E-state index contributed by atoms with van der Waals surface area (Å²) in [5.41, 5.74) is 2.62. The second kappa shape index (κ2) is 9.38. The van der Waals surface area contributed by atoms with Gasteiger partial charge in [-0.25, -0.2) is 4.98 Å². The SMILES string of the molecule is CCOc1cc(CNC(=O)c2ccc(OCc3ccccc3)cc2)ccn1. The summed E-state index contributed by atoms with van der Waals surface area (Å²) in [6.07, 6.45) is 1.67. The van der Waals surface area contributed by atoms with E-state index in [1.807, 2.05) is 49.4 Å². The van der Waals surface area contributed by atoms with Gasteiger partial charge in [-0.2, -0.15) is 0 Å². The largest absolute Gasteiger partial charge is 0.489 e. The standard InChI is InChI=1S/C22H22N2O3/c1-2-26-21-14-18(12-13-23-21)15-24-22(25)19-8-10-20(11-9-19)27-16-17-6-4-3-5-7-17/h3-14H,2,15-16H2,1H3,(H,24,25). The third-order valence-electron chi connectivity index (χ3n) is 3.91. The minimum Gasteiger partial charge on any atom is -0.489 e. The van der Waals surface area contributed by atoms with Gasteiger partial charge < -0.3 is 14.8 Å². The van der Waals surface area contributed by atoms with E-state index in [-0.39, 0.29) is 5.91 Å². The van der Waals surface area contributed by atoms with Crippen molar-refractivity contribution in [1.29, 1.82) is 0 Å². The van der Waals surface area contributed by atoms with E-state index in [9.17, 15) is 4.79 Å². The first-order valence-electron chi connectivity index (χ1n) is 8.87. The zero-order chi connectivity index (χ0) is 18.9. The average Bonchev–Trinajstić information content (AvgIpc) is 2.72. The van der Waals surface area contributed by atoms with Crippen molar-refractivity contribution in [2.45, 2.75) is 20.1 Å². The van der Waals surface area contributed by atoms with Gasteiger partial charge in [0.15, 0.2) is 0 Å². The summed E-state index contributed by atoms with van der Waals surface area (Å²) >= 11 is 0. The van der Waals surface area contributed by atoms with Crippen LogP contribution in [0.4, 0.5) is 0 Å². The summed E-state index contributed by atoms with van der Waals surface area (Å²) in [5, 5.41) is 2.90. The number of hydrogen-bond donors (Lipinski definition) is 1. The van der Waals surface area contributed by atoms with E-state index in [2.05, 4.69) is 10.3 Å². The number of hydrogen-bond acceptors (Lipinski definition) is 4. The summed E-state index contributed by atoms with van der Waals surface area (Å²) in [4.78, 5) is 16.4. The molecule has 1 amide bonds. The minimum absolute atomic E-state index is 0.139. The normalized spacial score (nSPS) is 10.3. The molecule has 0 radical (unpaired) electrons. The molecule has 138 valence electrons. The van der Waals surface area contributed by atoms with Gasteiger partial charge in [-0.1, -0.05) is 30.3 Å². The fourth-order valence-corrected chi connectivity index (χ4v) is 2.52. The maximum Gasteiger partial charge on any atom is 0.251 e. The molecule has 0 atom stereocenters.